The summed E-state index contributed by atoms with van der Waals surface area (Å²) in [6, 6.07) is 0. The standard InChI is InChI=1S/C4H8N4O/c1-2-4(9)8-3-5-6-7-8/h3-4,9H,2H2,1H3. The van der Waals surface area contributed by atoms with E-state index in [-0.39, 0.29) is 0 Å². The molecule has 1 atom stereocenters. The number of aliphatic hydroxyl groups is 1. The van der Waals surface area contributed by atoms with E-state index in [2.05, 4.69) is 15.5 Å². The quantitative estimate of drug-likeness (QED) is 0.587. The van der Waals surface area contributed by atoms with Gasteiger partial charge in [0.25, 0.3) is 0 Å². The van der Waals surface area contributed by atoms with Crippen molar-refractivity contribution in [2.45, 2.75) is 19.6 Å². The smallest absolute Gasteiger partial charge is 0.150 e. The minimum Gasteiger partial charge on any atom is -0.372 e. The normalized spacial score (nSPS) is 13.6. The molecule has 0 fully saturated rings. The first-order valence-corrected chi connectivity index (χ1v) is 2.75. The van der Waals surface area contributed by atoms with Crippen LogP contribution in [-0.2, 0) is 0 Å². The number of nitrogens with zero attached hydrogens (tertiary/aromatic N) is 4. The summed E-state index contributed by atoms with van der Waals surface area (Å²) in [5.74, 6) is 0. The second-order valence-electron chi connectivity index (χ2n) is 1.68. The first-order chi connectivity index (χ1) is 4.34. The minimum atomic E-state index is -0.583. The summed E-state index contributed by atoms with van der Waals surface area (Å²) >= 11 is 0. The summed E-state index contributed by atoms with van der Waals surface area (Å²) in [6.07, 6.45) is 1.42. The van der Waals surface area contributed by atoms with Crippen molar-refractivity contribution < 1.29 is 5.11 Å². The third kappa shape index (κ3) is 1.23. The molecular formula is C4H8N4O. The molecule has 1 aromatic heterocycles. The van der Waals surface area contributed by atoms with Crippen LogP contribution in [0.4, 0.5) is 0 Å². The summed E-state index contributed by atoms with van der Waals surface area (Å²) in [7, 11) is 0. The lowest BCUT2D eigenvalue weighted by molar-refractivity contribution is 0.0846. The molecule has 0 radical (unpaired) electrons. The largest absolute Gasteiger partial charge is 0.372 e. The number of hydrogen-bond acceptors (Lipinski definition) is 4. The molecule has 0 saturated heterocycles. The highest BCUT2D eigenvalue weighted by molar-refractivity contribution is 4.50. The van der Waals surface area contributed by atoms with E-state index in [4.69, 9.17) is 5.11 Å². The zero-order valence-corrected chi connectivity index (χ0v) is 5.10. The van der Waals surface area contributed by atoms with Crippen molar-refractivity contribution in [3.8, 4) is 0 Å². The van der Waals surface area contributed by atoms with E-state index >= 15 is 0 Å². The van der Waals surface area contributed by atoms with Crippen molar-refractivity contribution in [1.29, 1.82) is 0 Å². The van der Waals surface area contributed by atoms with Crippen LogP contribution in [0.2, 0.25) is 0 Å². The van der Waals surface area contributed by atoms with Crippen LogP contribution in [0.1, 0.15) is 19.6 Å². The molecule has 1 unspecified atom stereocenters. The molecule has 0 aliphatic heterocycles. The maximum absolute atomic E-state index is 9.04. The lowest BCUT2D eigenvalue weighted by Crippen LogP contribution is -2.07. The van der Waals surface area contributed by atoms with Crippen molar-refractivity contribution in [2.24, 2.45) is 0 Å². The van der Waals surface area contributed by atoms with Crippen LogP contribution in [0, 0.1) is 0 Å². The minimum absolute atomic E-state index is 0.583. The average Bonchev–Trinajstić information content (AvgIpc) is 2.37. The van der Waals surface area contributed by atoms with Gasteiger partial charge in [-0.25, -0.2) is 4.68 Å². The van der Waals surface area contributed by atoms with Gasteiger partial charge in [-0.2, -0.15) is 0 Å². The molecule has 9 heavy (non-hydrogen) atoms. The first kappa shape index (κ1) is 6.15. The van der Waals surface area contributed by atoms with Gasteiger partial charge in [-0.05, 0) is 16.8 Å². The highest BCUT2D eigenvalue weighted by Gasteiger charge is 2.01. The van der Waals surface area contributed by atoms with Crippen molar-refractivity contribution in [2.75, 3.05) is 0 Å². The van der Waals surface area contributed by atoms with Gasteiger partial charge in [0.2, 0.25) is 0 Å². The lowest BCUT2D eigenvalue weighted by Gasteiger charge is -2.03. The van der Waals surface area contributed by atoms with E-state index in [9.17, 15) is 0 Å². The van der Waals surface area contributed by atoms with Crippen molar-refractivity contribution in [1.82, 2.24) is 20.2 Å². The monoisotopic (exact) mass is 128 g/mol. The number of aliphatic hydroxyl groups excluding tert-OH is 1. The fourth-order valence-corrected chi connectivity index (χ4v) is 0.492. The molecule has 5 nitrogen and oxygen atoms in total. The number of rotatable bonds is 2. The molecule has 5 heteroatoms. The summed E-state index contributed by atoms with van der Waals surface area (Å²) in [5, 5.41) is 19.3. The van der Waals surface area contributed by atoms with Crippen molar-refractivity contribution in [3.63, 3.8) is 0 Å². The van der Waals surface area contributed by atoms with Crippen molar-refractivity contribution in [3.05, 3.63) is 6.33 Å². The fourth-order valence-electron chi connectivity index (χ4n) is 0.492. The maximum Gasteiger partial charge on any atom is 0.150 e. The van der Waals surface area contributed by atoms with Crippen LogP contribution in [0.25, 0.3) is 0 Å². The van der Waals surface area contributed by atoms with Crippen LogP contribution in [0.15, 0.2) is 6.33 Å². The third-order valence-electron chi connectivity index (χ3n) is 1.04. The molecule has 0 bridgehead atoms. The SMILES string of the molecule is CCC(O)n1cnnn1. The summed E-state index contributed by atoms with van der Waals surface area (Å²) in [5.41, 5.74) is 0. The van der Waals surface area contributed by atoms with Gasteiger partial charge in [-0.15, -0.1) is 5.10 Å². The van der Waals surface area contributed by atoms with Crippen molar-refractivity contribution >= 4 is 0 Å². The Kier molecular flexibility index (Phi) is 1.74. The Balaban J connectivity index is 2.65. The Morgan fingerprint density at radius 2 is 2.56 bits per heavy atom. The Bertz CT molecular complexity index is 161. The van der Waals surface area contributed by atoms with Crippen LogP contribution < -0.4 is 0 Å². The summed E-state index contributed by atoms with van der Waals surface area (Å²) in [4.78, 5) is 0. The highest BCUT2D eigenvalue weighted by Crippen LogP contribution is 2.00. The molecule has 1 heterocycles. The van der Waals surface area contributed by atoms with Gasteiger partial charge in [-0.3, -0.25) is 0 Å². The highest BCUT2D eigenvalue weighted by atomic mass is 16.3. The zero-order valence-electron chi connectivity index (χ0n) is 5.10. The molecule has 1 aromatic rings. The van der Waals surface area contributed by atoms with Gasteiger partial charge in [-0.1, -0.05) is 6.92 Å². The Labute approximate surface area is 52.3 Å². The topological polar surface area (TPSA) is 63.8 Å². The molecule has 0 amide bonds. The van der Waals surface area contributed by atoms with Gasteiger partial charge in [0.15, 0.2) is 0 Å². The fraction of sp³-hybridized carbons (Fsp3) is 0.750. The van der Waals surface area contributed by atoms with Gasteiger partial charge >= 0.3 is 0 Å². The molecule has 1 N–H and O–H groups in total. The first-order valence-electron chi connectivity index (χ1n) is 2.75. The molecular weight excluding hydrogens is 120 g/mol. The molecule has 0 saturated carbocycles. The summed E-state index contributed by atoms with van der Waals surface area (Å²) in [6.45, 7) is 1.85. The second kappa shape index (κ2) is 2.54. The van der Waals surface area contributed by atoms with Crippen LogP contribution >= 0.6 is 0 Å². The molecule has 0 aliphatic carbocycles. The molecule has 50 valence electrons. The molecule has 1 rings (SSSR count). The van der Waals surface area contributed by atoms with E-state index in [1.165, 1.54) is 11.0 Å². The van der Waals surface area contributed by atoms with E-state index in [0.717, 1.165) is 0 Å². The molecule has 0 spiro atoms. The number of aromatic nitrogens is 4. The van der Waals surface area contributed by atoms with Crippen LogP contribution in [0.5, 0.6) is 0 Å². The Morgan fingerprint density at radius 1 is 1.78 bits per heavy atom. The van der Waals surface area contributed by atoms with Gasteiger partial charge in [0.05, 0.1) is 0 Å². The van der Waals surface area contributed by atoms with E-state index in [1.807, 2.05) is 6.92 Å². The lowest BCUT2D eigenvalue weighted by atomic mass is 10.4. The molecule has 0 aliphatic rings. The predicted molar refractivity (Wildman–Crippen MR) is 29.4 cm³/mol. The second-order valence-corrected chi connectivity index (χ2v) is 1.68. The predicted octanol–water partition coefficient (Wildman–Crippen LogP) is -0.426. The zero-order chi connectivity index (χ0) is 6.69. The maximum atomic E-state index is 9.04. The Hall–Kier alpha value is -0.970. The third-order valence-corrected chi connectivity index (χ3v) is 1.04. The van der Waals surface area contributed by atoms with E-state index in [1.54, 1.807) is 0 Å². The van der Waals surface area contributed by atoms with Gasteiger partial charge in [0.1, 0.15) is 12.6 Å². The summed E-state index contributed by atoms with van der Waals surface area (Å²) < 4.78 is 1.31. The van der Waals surface area contributed by atoms with E-state index in [0.29, 0.717) is 6.42 Å². The van der Waals surface area contributed by atoms with Gasteiger partial charge < -0.3 is 5.11 Å². The van der Waals surface area contributed by atoms with E-state index < -0.39 is 6.23 Å². The van der Waals surface area contributed by atoms with Crippen LogP contribution in [-0.4, -0.2) is 25.3 Å². The van der Waals surface area contributed by atoms with Gasteiger partial charge in [0, 0.05) is 0 Å². The number of hydrogen-bond donors (Lipinski definition) is 1. The Morgan fingerprint density at radius 3 is 3.00 bits per heavy atom. The number of tetrazole rings is 1. The van der Waals surface area contributed by atoms with Crippen LogP contribution in [0.3, 0.4) is 0 Å². The molecule has 0 aromatic carbocycles. The average molecular weight is 128 g/mol.